The van der Waals surface area contributed by atoms with E-state index in [1.807, 2.05) is 0 Å². The van der Waals surface area contributed by atoms with Crippen molar-refractivity contribution in [3.05, 3.63) is 46.8 Å². The number of ether oxygens (including phenoxy) is 1. The van der Waals surface area contributed by atoms with E-state index in [4.69, 9.17) is 4.74 Å². The number of pyridine rings is 2. The largest absolute Gasteiger partial charge is 0.480 e. The second-order valence-electron chi connectivity index (χ2n) is 3.38. The average molecular weight is 308 g/mol. The highest BCUT2D eigenvalue weighted by Crippen LogP contribution is 2.20. The van der Waals surface area contributed by atoms with Crippen LogP contribution in [-0.2, 0) is 0 Å². The first-order valence-corrected chi connectivity index (χ1v) is 5.92. The summed E-state index contributed by atoms with van der Waals surface area (Å²) >= 11 is 3.22. The Morgan fingerprint density at radius 1 is 1.33 bits per heavy atom. The number of hydrogen-bond donors (Lipinski definition) is 1. The minimum Gasteiger partial charge on any atom is -0.480 e. The first-order valence-electron chi connectivity index (χ1n) is 5.12. The van der Waals surface area contributed by atoms with Crippen LogP contribution in [0.1, 0.15) is 10.4 Å². The number of carbonyl (C=O) groups is 1. The normalized spacial score (nSPS) is 9.89. The van der Waals surface area contributed by atoms with Crippen LogP contribution in [0.3, 0.4) is 0 Å². The summed E-state index contributed by atoms with van der Waals surface area (Å²) in [6.07, 6.45) is 3.15. The number of nitrogens with zero attached hydrogens (tertiary/aromatic N) is 2. The molecule has 2 aromatic heterocycles. The molecule has 6 heteroatoms. The van der Waals surface area contributed by atoms with Crippen LogP contribution >= 0.6 is 15.9 Å². The fourth-order valence-electron chi connectivity index (χ4n) is 1.39. The lowest BCUT2D eigenvalue weighted by Crippen LogP contribution is -2.13. The molecule has 92 valence electrons. The predicted molar refractivity (Wildman–Crippen MR) is 70.7 cm³/mol. The highest BCUT2D eigenvalue weighted by Gasteiger charge is 2.10. The third-order valence-electron chi connectivity index (χ3n) is 2.20. The van der Waals surface area contributed by atoms with Gasteiger partial charge >= 0.3 is 0 Å². The van der Waals surface area contributed by atoms with Crippen molar-refractivity contribution in [3.8, 4) is 5.88 Å². The van der Waals surface area contributed by atoms with E-state index < -0.39 is 0 Å². The van der Waals surface area contributed by atoms with Crippen LogP contribution < -0.4 is 10.1 Å². The molecule has 0 aromatic carbocycles. The fourth-order valence-corrected chi connectivity index (χ4v) is 1.75. The van der Waals surface area contributed by atoms with Crippen LogP contribution in [0.15, 0.2) is 41.3 Å². The van der Waals surface area contributed by atoms with Crippen molar-refractivity contribution >= 4 is 27.5 Å². The third kappa shape index (κ3) is 2.84. The van der Waals surface area contributed by atoms with Gasteiger partial charge in [0.05, 0.1) is 7.11 Å². The minimum absolute atomic E-state index is 0.246. The van der Waals surface area contributed by atoms with E-state index >= 15 is 0 Å². The van der Waals surface area contributed by atoms with Crippen molar-refractivity contribution in [2.24, 2.45) is 0 Å². The molecule has 18 heavy (non-hydrogen) atoms. The van der Waals surface area contributed by atoms with Crippen molar-refractivity contribution < 1.29 is 9.53 Å². The van der Waals surface area contributed by atoms with E-state index in [9.17, 15) is 4.79 Å². The summed E-state index contributed by atoms with van der Waals surface area (Å²) < 4.78 is 5.66. The highest BCUT2D eigenvalue weighted by atomic mass is 79.9. The first kappa shape index (κ1) is 12.5. The second kappa shape index (κ2) is 5.59. The summed E-state index contributed by atoms with van der Waals surface area (Å²) in [5, 5.41) is 2.73. The second-order valence-corrected chi connectivity index (χ2v) is 4.19. The van der Waals surface area contributed by atoms with E-state index in [2.05, 4.69) is 31.2 Å². The molecular formula is C12H10BrN3O2. The Labute approximate surface area is 112 Å². The zero-order valence-electron chi connectivity index (χ0n) is 9.55. The van der Waals surface area contributed by atoms with Gasteiger partial charge in [-0.25, -0.2) is 9.97 Å². The Bertz CT molecular complexity index is 575. The topological polar surface area (TPSA) is 64.1 Å². The highest BCUT2D eigenvalue weighted by molar-refractivity contribution is 9.10. The van der Waals surface area contributed by atoms with Crippen molar-refractivity contribution in [2.45, 2.75) is 0 Å². The Balaban J connectivity index is 2.21. The Morgan fingerprint density at radius 2 is 2.17 bits per heavy atom. The van der Waals surface area contributed by atoms with Gasteiger partial charge in [-0.05, 0) is 40.2 Å². The smallest absolute Gasteiger partial charge is 0.255 e. The zero-order chi connectivity index (χ0) is 13.0. The minimum atomic E-state index is -0.246. The van der Waals surface area contributed by atoms with Crippen molar-refractivity contribution in [1.82, 2.24) is 9.97 Å². The average Bonchev–Trinajstić information content (AvgIpc) is 2.39. The SMILES string of the molecule is COc1ncccc1NC(=O)c1ccnc(Br)c1. The number of halogens is 1. The molecule has 0 spiro atoms. The molecule has 1 N–H and O–H groups in total. The van der Waals surface area contributed by atoms with Gasteiger partial charge in [0.2, 0.25) is 5.88 Å². The maximum absolute atomic E-state index is 12.0. The van der Waals surface area contributed by atoms with Gasteiger partial charge < -0.3 is 10.1 Å². The number of anilines is 1. The lowest BCUT2D eigenvalue weighted by atomic mass is 10.2. The lowest BCUT2D eigenvalue weighted by Gasteiger charge is -2.08. The van der Waals surface area contributed by atoms with E-state index in [1.165, 1.54) is 7.11 Å². The van der Waals surface area contributed by atoms with Crippen LogP contribution in [-0.4, -0.2) is 23.0 Å². The van der Waals surface area contributed by atoms with E-state index in [-0.39, 0.29) is 5.91 Å². The molecule has 0 bridgehead atoms. The standard InChI is InChI=1S/C12H10BrN3O2/c1-18-12-9(3-2-5-15-12)16-11(17)8-4-6-14-10(13)7-8/h2-7H,1H3,(H,16,17). The number of amides is 1. The molecule has 1 amide bonds. The van der Waals surface area contributed by atoms with Gasteiger partial charge in [0, 0.05) is 18.0 Å². The molecule has 0 aliphatic rings. The Hall–Kier alpha value is -1.95. The quantitative estimate of drug-likeness (QED) is 0.885. The zero-order valence-corrected chi connectivity index (χ0v) is 11.1. The van der Waals surface area contributed by atoms with E-state index in [0.717, 1.165) is 0 Å². The molecule has 0 fully saturated rings. The maximum atomic E-state index is 12.0. The summed E-state index contributed by atoms with van der Waals surface area (Å²) in [4.78, 5) is 20.0. The van der Waals surface area contributed by atoms with E-state index in [1.54, 1.807) is 36.7 Å². The molecular weight excluding hydrogens is 298 g/mol. The van der Waals surface area contributed by atoms with Crippen LogP contribution in [0.5, 0.6) is 5.88 Å². The molecule has 2 rings (SSSR count). The molecule has 0 aliphatic heterocycles. The van der Waals surface area contributed by atoms with Crippen LogP contribution in [0, 0.1) is 0 Å². The molecule has 0 radical (unpaired) electrons. The Kier molecular flexibility index (Phi) is 3.88. The number of hydrogen-bond acceptors (Lipinski definition) is 4. The van der Waals surface area contributed by atoms with Crippen molar-refractivity contribution in [2.75, 3.05) is 12.4 Å². The van der Waals surface area contributed by atoms with Gasteiger partial charge in [0.15, 0.2) is 0 Å². The monoisotopic (exact) mass is 307 g/mol. The van der Waals surface area contributed by atoms with Crippen LogP contribution in [0.25, 0.3) is 0 Å². The van der Waals surface area contributed by atoms with Gasteiger partial charge in [0.1, 0.15) is 10.3 Å². The first-order chi connectivity index (χ1) is 8.70. The predicted octanol–water partition coefficient (Wildman–Crippen LogP) is 2.50. The molecule has 0 saturated heterocycles. The summed E-state index contributed by atoms with van der Waals surface area (Å²) in [6, 6.07) is 6.71. The third-order valence-corrected chi connectivity index (χ3v) is 2.64. The van der Waals surface area contributed by atoms with Crippen LogP contribution in [0.4, 0.5) is 5.69 Å². The maximum Gasteiger partial charge on any atom is 0.255 e. The van der Waals surface area contributed by atoms with Crippen LogP contribution in [0.2, 0.25) is 0 Å². The number of carbonyl (C=O) groups excluding carboxylic acids is 1. The molecule has 0 aliphatic carbocycles. The van der Waals surface area contributed by atoms with Gasteiger partial charge in [-0.1, -0.05) is 0 Å². The summed E-state index contributed by atoms with van der Waals surface area (Å²) in [5.74, 6) is 0.128. The number of nitrogens with one attached hydrogen (secondary N) is 1. The van der Waals surface area contributed by atoms with Crippen molar-refractivity contribution in [1.29, 1.82) is 0 Å². The Morgan fingerprint density at radius 3 is 2.89 bits per heavy atom. The fraction of sp³-hybridized carbons (Fsp3) is 0.0833. The lowest BCUT2D eigenvalue weighted by molar-refractivity contribution is 0.102. The van der Waals surface area contributed by atoms with Gasteiger partial charge in [-0.3, -0.25) is 4.79 Å². The molecule has 0 atom stereocenters. The van der Waals surface area contributed by atoms with Gasteiger partial charge in [-0.2, -0.15) is 0 Å². The van der Waals surface area contributed by atoms with Gasteiger partial charge in [0.25, 0.3) is 5.91 Å². The number of aromatic nitrogens is 2. The number of methoxy groups -OCH3 is 1. The molecule has 0 saturated carbocycles. The summed E-state index contributed by atoms with van der Waals surface area (Å²) in [5.41, 5.74) is 1.03. The summed E-state index contributed by atoms with van der Waals surface area (Å²) in [7, 11) is 1.50. The summed E-state index contributed by atoms with van der Waals surface area (Å²) in [6.45, 7) is 0. The number of rotatable bonds is 3. The molecule has 2 aromatic rings. The van der Waals surface area contributed by atoms with E-state index in [0.29, 0.717) is 21.7 Å². The molecule has 0 unspecified atom stereocenters. The molecule has 5 nitrogen and oxygen atoms in total. The van der Waals surface area contributed by atoms with Crippen molar-refractivity contribution in [3.63, 3.8) is 0 Å². The molecule has 2 heterocycles. The van der Waals surface area contributed by atoms with Gasteiger partial charge in [-0.15, -0.1) is 0 Å².